The van der Waals surface area contributed by atoms with Crippen LogP contribution in [-0.4, -0.2) is 38.4 Å². The third-order valence-electron chi connectivity index (χ3n) is 3.53. The van der Waals surface area contributed by atoms with E-state index in [9.17, 15) is 4.79 Å². The molecule has 0 saturated carbocycles. The highest BCUT2D eigenvalue weighted by atomic mass is 16.5. The molecule has 21 heavy (non-hydrogen) atoms. The predicted octanol–water partition coefficient (Wildman–Crippen LogP) is 1.46. The van der Waals surface area contributed by atoms with Crippen LogP contribution in [0.2, 0.25) is 0 Å². The highest BCUT2D eigenvalue weighted by molar-refractivity contribution is 5.94. The molecule has 2 rings (SSSR count). The van der Waals surface area contributed by atoms with Crippen LogP contribution < -0.4 is 11.1 Å². The average Bonchev–Trinajstić information content (AvgIpc) is 3.04. The second kappa shape index (κ2) is 8.77. The van der Waals surface area contributed by atoms with Crippen molar-refractivity contribution in [1.82, 2.24) is 5.32 Å². The van der Waals surface area contributed by atoms with E-state index < -0.39 is 0 Å². The van der Waals surface area contributed by atoms with Crippen LogP contribution in [0.1, 0.15) is 35.2 Å². The Morgan fingerprint density at radius 2 is 2.19 bits per heavy atom. The van der Waals surface area contributed by atoms with Gasteiger partial charge in [-0.1, -0.05) is 12.1 Å². The molecule has 1 heterocycles. The summed E-state index contributed by atoms with van der Waals surface area (Å²) in [5, 5.41) is 2.88. The number of hydrogen-bond acceptors (Lipinski definition) is 4. The number of nitrogens with two attached hydrogens (primary N) is 1. The van der Waals surface area contributed by atoms with Crippen molar-refractivity contribution in [2.45, 2.75) is 31.9 Å². The lowest BCUT2D eigenvalue weighted by Crippen LogP contribution is -2.25. The van der Waals surface area contributed by atoms with Gasteiger partial charge in [0.2, 0.25) is 0 Å². The maximum absolute atomic E-state index is 11.9. The van der Waals surface area contributed by atoms with Gasteiger partial charge in [0, 0.05) is 31.9 Å². The summed E-state index contributed by atoms with van der Waals surface area (Å²) in [7, 11) is 0. The fraction of sp³-hybridized carbons (Fsp3) is 0.562. The van der Waals surface area contributed by atoms with Crippen LogP contribution in [0.3, 0.4) is 0 Å². The van der Waals surface area contributed by atoms with Gasteiger partial charge in [-0.15, -0.1) is 0 Å². The largest absolute Gasteiger partial charge is 0.379 e. The molecule has 1 aromatic carbocycles. The Balaban J connectivity index is 1.55. The summed E-state index contributed by atoms with van der Waals surface area (Å²) in [6.45, 7) is 3.26. The molecule has 1 unspecified atom stereocenters. The topological polar surface area (TPSA) is 73.6 Å². The Morgan fingerprint density at radius 3 is 2.86 bits per heavy atom. The maximum atomic E-state index is 11.9. The van der Waals surface area contributed by atoms with Gasteiger partial charge < -0.3 is 20.5 Å². The summed E-state index contributed by atoms with van der Waals surface area (Å²) in [4.78, 5) is 11.9. The molecule has 116 valence electrons. The first kappa shape index (κ1) is 15.9. The van der Waals surface area contributed by atoms with Crippen molar-refractivity contribution in [3.8, 4) is 0 Å². The van der Waals surface area contributed by atoms with Crippen molar-refractivity contribution in [2.75, 3.05) is 26.4 Å². The number of nitrogens with one attached hydrogen (secondary N) is 1. The van der Waals surface area contributed by atoms with Crippen molar-refractivity contribution < 1.29 is 14.3 Å². The fourth-order valence-electron chi connectivity index (χ4n) is 2.26. The highest BCUT2D eigenvalue weighted by Crippen LogP contribution is 2.11. The Labute approximate surface area is 125 Å². The summed E-state index contributed by atoms with van der Waals surface area (Å²) in [6, 6.07) is 7.34. The minimum absolute atomic E-state index is 0.0577. The molecule has 1 aromatic rings. The zero-order valence-electron chi connectivity index (χ0n) is 12.3. The summed E-state index contributed by atoms with van der Waals surface area (Å²) in [5.41, 5.74) is 7.21. The van der Waals surface area contributed by atoms with Crippen molar-refractivity contribution in [3.05, 3.63) is 35.4 Å². The average molecular weight is 292 g/mol. The molecule has 3 N–H and O–H groups in total. The maximum Gasteiger partial charge on any atom is 0.251 e. The molecular weight excluding hydrogens is 268 g/mol. The third-order valence-corrected chi connectivity index (χ3v) is 3.53. The molecule has 1 amide bonds. The molecule has 1 fully saturated rings. The molecule has 1 atom stereocenters. The summed E-state index contributed by atoms with van der Waals surface area (Å²) in [6.07, 6.45) is 3.29. The number of amides is 1. The molecule has 1 aliphatic heterocycles. The molecule has 1 saturated heterocycles. The van der Waals surface area contributed by atoms with Crippen LogP contribution in [0.4, 0.5) is 0 Å². The van der Waals surface area contributed by atoms with Gasteiger partial charge >= 0.3 is 0 Å². The van der Waals surface area contributed by atoms with E-state index in [0.29, 0.717) is 31.9 Å². The van der Waals surface area contributed by atoms with Gasteiger partial charge in [-0.25, -0.2) is 0 Å². The quantitative estimate of drug-likeness (QED) is 0.711. The van der Waals surface area contributed by atoms with Crippen LogP contribution in [0.25, 0.3) is 0 Å². The van der Waals surface area contributed by atoms with E-state index in [4.69, 9.17) is 15.2 Å². The minimum Gasteiger partial charge on any atom is -0.379 e. The summed E-state index contributed by atoms with van der Waals surface area (Å²) in [5.74, 6) is -0.0577. The zero-order valence-corrected chi connectivity index (χ0v) is 12.3. The molecule has 0 aromatic heterocycles. The summed E-state index contributed by atoms with van der Waals surface area (Å²) >= 11 is 0. The Kier molecular flexibility index (Phi) is 6.66. The van der Waals surface area contributed by atoms with Crippen molar-refractivity contribution in [2.24, 2.45) is 5.73 Å². The number of benzene rings is 1. The van der Waals surface area contributed by atoms with E-state index in [-0.39, 0.29) is 12.0 Å². The second-order valence-electron chi connectivity index (χ2n) is 5.22. The van der Waals surface area contributed by atoms with Crippen molar-refractivity contribution in [3.63, 3.8) is 0 Å². The van der Waals surface area contributed by atoms with E-state index in [1.54, 1.807) is 12.1 Å². The number of hydrogen-bond donors (Lipinski definition) is 2. The molecule has 5 nitrogen and oxygen atoms in total. The first-order chi connectivity index (χ1) is 10.3. The van der Waals surface area contributed by atoms with Crippen LogP contribution >= 0.6 is 0 Å². The van der Waals surface area contributed by atoms with Gasteiger partial charge in [0.15, 0.2) is 0 Å². The zero-order chi connectivity index (χ0) is 14.9. The van der Waals surface area contributed by atoms with Crippen molar-refractivity contribution in [1.29, 1.82) is 0 Å². The lowest BCUT2D eigenvalue weighted by atomic mass is 10.1. The summed E-state index contributed by atoms with van der Waals surface area (Å²) < 4.78 is 11.0. The minimum atomic E-state index is -0.0577. The monoisotopic (exact) mass is 292 g/mol. The van der Waals surface area contributed by atoms with Gasteiger partial charge in [0.1, 0.15) is 0 Å². The molecule has 1 aliphatic rings. The number of carbonyl (C=O) groups excluding carboxylic acids is 1. The van der Waals surface area contributed by atoms with Crippen LogP contribution in [0.15, 0.2) is 24.3 Å². The molecular formula is C16H24N2O3. The molecule has 0 bridgehead atoms. The smallest absolute Gasteiger partial charge is 0.251 e. The van der Waals surface area contributed by atoms with Crippen LogP contribution in [-0.2, 0) is 16.0 Å². The first-order valence-electron chi connectivity index (χ1n) is 7.56. The lowest BCUT2D eigenvalue weighted by Gasteiger charge is -2.10. The lowest BCUT2D eigenvalue weighted by molar-refractivity contribution is 0.0166. The molecule has 0 aliphatic carbocycles. The van der Waals surface area contributed by atoms with Crippen molar-refractivity contribution >= 4 is 5.91 Å². The van der Waals surface area contributed by atoms with Crippen LogP contribution in [0.5, 0.6) is 0 Å². The number of carbonyl (C=O) groups is 1. The fourth-order valence-corrected chi connectivity index (χ4v) is 2.26. The van der Waals surface area contributed by atoms with Crippen LogP contribution in [0, 0.1) is 0 Å². The Morgan fingerprint density at radius 1 is 1.38 bits per heavy atom. The van der Waals surface area contributed by atoms with Gasteiger partial charge in [-0.05, 0) is 37.0 Å². The second-order valence-corrected chi connectivity index (χ2v) is 5.22. The third kappa shape index (κ3) is 5.46. The van der Waals surface area contributed by atoms with Gasteiger partial charge in [-0.2, -0.15) is 0 Å². The highest BCUT2D eigenvalue weighted by Gasteiger charge is 2.14. The van der Waals surface area contributed by atoms with Gasteiger partial charge in [-0.3, -0.25) is 4.79 Å². The Hall–Kier alpha value is -1.43. The first-order valence-corrected chi connectivity index (χ1v) is 7.56. The van der Waals surface area contributed by atoms with E-state index in [0.717, 1.165) is 31.4 Å². The van der Waals surface area contributed by atoms with E-state index in [2.05, 4.69) is 5.32 Å². The molecule has 0 radical (unpaired) electrons. The standard InChI is InChI=1S/C16H24N2O3/c17-11-13-4-6-14(7-5-13)16(19)18-8-2-9-20-12-15-3-1-10-21-15/h4-7,15H,1-3,8-12,17H2,(H,18,19). The number of rotatable bonds is 8. The van der Waals surface area contributed by atoms with E-state index >= 15 is 0 Å². The predicted molar refractivity (Wildman–Crippen MR) is 81.1 cm³/mol. The van der Waals surface area contributed by atoms with Gasteiger partial charge in [0.25, 0.3) is 5.91 Å². The molecule has 0 spiro atoms. The molecule has 5 heteroatoms. The number of ether oxygens (including phenoxy) is 2. The normalized spacial score (nSPS) is 17.9. The van der Waals surface area contributed by atoms with E-state index in [1.807, 2.05) is 12.1 Å². The van der Waals surface area contributed by atoms with Gasteiger partial charge in [0.05, 0.1) is 12.7 Å². The van der Waals surface area contributed by atoms with E-state index in [1.165, 1.54) is 0 Å². The Bertz CT molecular complexity index is 428. The SMILES string of the molecule is NCc1ccc(C(=O)NCCCOCC2CCCO2)cc1.